The lowest BCUT2D eigenvalue weighted by molar-refractivity contribution is -0.0500. The SMILES string of the molecule is Cc1c(C(=O)Nc2ccc(S(C)(=O)=O)cc2)cc(CC(C)F)n1-c1ccc(F)cc1OC(F)F. The van der Waals surface area contributed by atoms with Crippen LogP contribution in [0.2, 0.25) is 0 Å². The van der Waals surface area contributed by atoms with Gasteiger partial charge in [-0.05, 0) is 56.3 Å². The number of ether oxygens (including phenoxy) is 1. The standard InChI is InChI=1S/C23H22F4N2O4S/c1-13(24)10-17-12-19(22(30)28-16-5-7-18(8-6-16)34(3,31)32)14(2)29(17)20-9-4-15(25)11-21(20)33-23(26)27/h4-9,11-13,23H,10H2,1-3H3,(H,28,30). The molecule has 0 radical (unpaired) electrons. The van der Waals surface area contributed by atoms with Gasteiger partial charge in [-0.25, -0.2) is 17.2 Å². The number of alkyl halides is 3. The largest absolute Gasteiger partial charge is 0.432 e. The van der Waals surface area contributed by atoms with Crippen molar-refractivity contribution in [1.82, 2.24) is 4.57 Å². The number of benzene rings is 2. The van der Waals surface area contributed by atoms with Gasteiger partial charge in [0.1, 0.15) is 12.0 Å². The number of hydrogen-bond donors (Lipinski definition) is 1. The van der Waals surface area contributed by atoms with Gasteiger partial charge in [0.05, 0.1) is 16.1 Å². The summed E-state index contributed by atoms with van der Waals surface area (Å²) in [4.78, 5) is 13.0. The summed E-state index contributed by atoms with van der Waals surface area (Å²) in [7, 11) is -3.41. The molecule has 0 fully saturated rings. The van der Waals surface area contributed by atoms with Gasteiger partial charge >= 0.3 is 6.61 Å². The maximum atomic E-state index is 13.9. The number of carbonyl (C=O) groups excluding carboxylic acids is 1. The molecule has 34 heavy (non-hydrogen) atoms. The molecule has 182 valence electrons. The summed E-state index contributed by atoms with van der Waals surface area (Å²) in [5.74, 6) is -1.86. The van der Waals surface area contributed by atoms with Crippen LogP contribution in [0.1, 0.15) is 28.7 Å². The Kier molecular flexibility index (Phi) is 7.35. The fourth-order valence-corrected chi connectivity index (χ4v) is 4.15. The van der Waals surface area contributed by atoms with Crippen LogP contribution in [0, 0.1) is 12.7 Å². The van der Waals surface area contributed by atoms with Crippen molar-refractivity contribution in [3.8, 4) is 11.4 Å². The molecule has 1 unspecified atom stereocenters. The second kappa shape index (κ2) is 9.88. The quantitative estimate of drug-likeness (QED) is 0.440. The van der Waals surface area contributed by atoms with E-state index < -0.39 is 40.1 Å². The minimum absolute atomic E-state index is 0.0198. The van der Waals surface area contributed by atoms with Crippen molar-refractivity contribution in [2.75, 3.05) is 11.6 Å². The zero-order chi connectivity index (χ0) is 25.2. The van der Waals surface area contributed by atoms with Crippen molar-refractivity contribution in [2.24, 2.45) is 0 Å². The van der Waals surface area contributed by atoms with Gasteiger partial charge in [-0.1, -0.05) is 0 Å². The van der Waals surface area contributed by atoms with Crippen molar-refractivity contribution < 1.29 is 35.5 Å². The number of sulfone groups is 1. The molecule has 1 amide bonds. The number of nitrogens with zero attached hydrogens (tertiary/aromatic N) is 1. The van der Waals surface area contributed by atoms with Crippen LogP contribution in [-0.2, 0) is 16.3 Å². The van der Waals surface area contributed by atoms with Gasteiger partial charge in [-0.2, -0.15) is 8.78 Å². The monoisotopic (exact) mass is 498 g/mol. The van der Waals surface area contributed by atoms with Crippen molar-refractivity contribution in [1.29, 1.82) is 0 Å². The summed E-state index contributed by atoms with van der Waals surface area (Å²) in [6.45, 7) is -0.391. The van der Waals surface area contributed by atoms with Gasteiger partial charge in [-0.3, -0.25) is 4.79 Å². The summed E-state index contributed by atoms with van der Waals surface area (Å²) in [5.41, 5.74) is 1.03. The maximum absolute atomic E-state index is 13.9. The van der Waals surface area contributed by atoms with Crippen LogP contribution < -0.4 is 10.1 Å². The van der Waals surface area contributed by atoms with E-state index in [0.717, 1.165) is 18.4 Å². The van der Waals surface area contributed by atoms with Crippen molar-refractivity contribution in [2.45, 2.75) is 37.9 Å². The molecule has 0 aliphatic rings. The van der Waals surface area contributed by atoms with Crippen LogP contribution in [0.3, 0.4) is 0 Å². The molecule has 0 saturated heterocycles. The lowest BCUT2D eigenvalue weighted by atomic mass is 10.2. The molecule has 2 aromatic carbocycles. The Morgan fingerprint density at radius 3 is 2.29 bits per heavy atom. The normalized spacial score (nSPS) is 12.6. The molecule has 3 rings (SSSR count). The van der Waals surface area contributed by atoms with Gasteiger partial charge in [0.15, 0.2) is 15.6 Å². The van der Waals surface area contributed by atoms with Crippen LogP contribution in [-0.4, -0.2) is 37.9 Å². The molecule has 0 bridgehead atoms. The molecule has 0 aliphatic heterocycles. The molecule has 6 nitrogen and oxygen atoms in total. The number of anilines is 1. The average Bonchev–Trinajstić information content (AvgIpc) is 3.03. The molecule has 1 heterocycles. The Balaban J connectivity index is 2.03. The van der Waals surface area contributed by atoms with Crippen LogP contribution in [0.4, 0.5) is 23.2 Å². The van der Waals surface area contributed by atoms with E-state index in [2.05, 4.69) is 10.1 Å². The van der Waals surface area contributed by atoms with Crippen LogP contribution >= 0.6 is 0 Å². The highest BCUT2D eigenvalue weighted by Gasteiger charge is 2.23. The Morgan fingerprint density at radius 1 is 1.09 bits per heavy atom. The second-order valence-electron chi connectivity index (χ2n) is 7.70. The molecule has 0 saturated carbocycles. The highest BCUT2D eigenvalue weighted by Crippen LogP contribution is 2.31. The predicted octanol–water partition coefficient (Wildman–Crippen LogP) is 5.08. The Morgan fingerprint density at radius 2 is 1.74 bits per heavy atom. The third-order valence-electron chi connectivity index (χ3n) is 4.98. The van der Waals surface area contributed by atoms with E-state index in [-0.39, 0.29) is 34.0 Å². The van der Waals surface area contributed by atoms with E-state index in [1.165, 1.54) is 54.8 Å². The number of aromatic nitrogens is 1. The maximum Gasteiger partial charge on any atom is 0.387 e. The first kappa shape index (κ1) is 25.3. The number of hydrogen-bond acceptors (Lipinski definition) is 4. The third kappa shape index (κ3) is 5.77. The lowest BCUT2D eigenvalue weighted by Gasteiger charge is -2.17. The van der Waals surface area contributed by atoms with Crippen molar-refractivity contribution in [3.63, 3.8) is 0 Å². The Bertz CT molecular complexity index is 1300. The summed E-state index contributed by atoms with van der Waals surface area (Å²) < 4.78 is 82.5. The zero-order valence-corrected chi connectivity index (χ0v) is 19.3. The first-order chi connectivity index (χ1) is 15.9. The first-order valence-electron chi connectivity index (χ1n) is 10.1. The molecule has 3 aromatic rings. The van der Waals surface area contributed by atoms with E-state index in [4.69, 9.17) is 0 Å². The molecule has 1 N–H and O–H groups in total. The molecular weight excluding hydrogens is 476 g/mol. The number of carbonyl (C=O) groups is 1. The topological polar surface area (TPSA) is 77.4 Å². The minimum atomic E-state index is -3.41. The average molecular weight is 498 g/mol. The molecule has 0 aliphatic carbocycles. The van der Waals surface area contributed by atoms with E-state index in [9.17, 15) is 30.8 Å². The van der Waals surface area contributed by atoms with Crippen molar-refractivity contribution >= 4 is 21.4 Å². The lowest BCUT2D eigenvalue weighted by Crippen LogP contribution is -2.14. The first-order valence-corrected chi connectivity index (χ1v) is 12.0. The molecule has 1 atom stereocenters. The number of amides is 1. The summed E-state index contributed by atoms with van der Waals surface area (Å²) in [5, 5.41) is 2.63. The summed E-state index contributed by atoms with van der Waals surface area (Å²) in [6.07, 6.45) is -0.420. The third-order valence-corrected chi connectivity index (χ3v) is 6.11. The van der Waals surface area contributed by atoms with Gasteiger partial charge in [-0.15, -0.1) is 0 Å². The number of halogens is 4. The van der Waals surface area contributed by atoms with Gasteiger partial charge in [0, 0.05) is 35.8 Å². The van der Waals surface area contributed by atoms with Crippen LogP contribution in [0.15, 0.2) is 53.4 Å². The van der Waals surface area contributed by atoms with Crippen LogP contribution in [0.25, 0.3) is 5.69 Å². The van der Waals surface area contributed by atoms with Gasteiger partial charge < -0.3 is 14.6 Å². The van der Waals surface area contributed by atoms with Crippen LogP contribution in [0.5, 0.6) is 5.75 Å². The number of nitrogens with one attached hydrogen (secondary N) is 1. The predicted molar refractivity (Wildman–Crippen MR) is 119 cm³/mol. The molecular formula is C23H22F4N2O4S. The zero-order valence-electron chi connectivity index (χ0n) is 18.5. The van der Waals surface area contributed by atoms with Crippen molar-refractivity contribution in [3.05, 3.63) is 71.3 Å². The smallest absolute Gasteiger partial charge is 0.387 e. The summed E-state index contributed by atoms with van der Waals surface area (Å²) >= 11 is 0. The Labute approximate surface area is 194 Å². The molecule has 1 aromatic heterocycles. The summed E-state index contributed by atoms with van der Waals surface area (Å²) in [6, 6.07) is 9.96. The van der Waals surface area contributed by atoms with E-state index >= 15 is 0 Å². The fraction of sp³-hybridized carbons (Fsp3) is 0.261. The molecule has 11 heteroatoms. The highest BCUT2D eigenvalue weighted by molar-refractivity contribution is 7.90. The van der Waals surface area contributed by atoms with E-state index in [0.29, 0.717) is 5.69 Å². The second-order valence-corrected chi connectivity index (χ2v) is 9.71. The minimum Gasteiger partial charge on any atom is -0.432 e. The Hall–Kier alpha value is -3.34. The van der Waals surface area contributed by atoms with Gasteiger partial charge in [0.25, 0.3) is 5.91 Å². The van der Waals surface area contributed by atoms with E-state index in [1.807, 2.05) is 0 Å². The van der Waals surface area contributed by atoms with E-state index in [1.54, 1.807) is 0 Å². The van der Waals surface area contributed by atoms with Gasteiger partial charge in [0.2, 0.25) is 0 Å². The fourth-order valence-electron chi connectivity index (χ4n) is 3.52. The highest BCUT2D eigenvalue weighted by atomic mass is 32.2. The molecule has 0 spiro atoms. The number of rotatable bonds is 8.